The van der Waals surface area contributed by atoms with Crippen LogP contribution in [0.5, 0.6) is 0 Å². The molecule has 2 aromatic carbocycles. The van der Waals surface area contributed by atoms with Crippen LogP contribution in [0.25, 0.3) is 0 Å². The van der Waals surface area contributed by atoms with Gasteiger partial charge in [0.15, 0.2) is 5.11 Å². The van der Waals surface area contributed by atoms with E-state index in [0.29, 0.717) is 5.11 Å². The van der Waals surface area contributed by atoms with E-state index in [0.717, 1.165) is 16.9 Å². The van der Waals surface area contributed by atoms with Crippen LogP contribution in [0.4, 0.5) is 5.82 Å². The lowest BCUT2D eigenvalue weighted by molar-refractivity contribution is 0.762. The van der Waals surface area contributed by atoms with Gasteiger partial charge in [0.05, 0.1) is 6.04 Å². The monoisotopic (exact) mass is 347 g/mol. The highest BCUT2D eigenvalue weighted by Crippen LogP contribution is 2.25. The first-order valence-corrected chi connectivity index (χ1v) is 8.65. The molecule has 0 aliphatic heterocycles. The van der Waals surface area contributed by atoms with Gasteiger partial charge in [-0.3, -0.25) is 0 Å². The Morgan fingerprint density at radius 3 is 2.40 bits per heavy atom. The van der Waals surface area contributed by atoms with Gasteiger partial charge in [-0.2, -0.15) is 0 Å². The highest BCUT2D eigenvalue weighted by molar-refractivity contribution is 7.80. The van der Waals surface area contributed by atoms with E-state index in [4.69, 9.17) is 12.2 Å². The number of nitrogens with one attached hydrogen (secondary N) is 2. The quantitative estimate of drug-likeness (QED) is 0.666. The van der Waals surface area contributed by atoms with Crippen LogP contribution in [0.3, 0.4) is 0 Å². The van der Waals surface area contributed by atoms with E-state index in [1.165, 1.54) is 11.1 Å². The van der Waals surface area contributed by atoms with Crippen molar-refractivity contribution in [1.29, 1.82) is 0 Å². The van der Waals surface area contributed by atoms with E-state index in [1.54, 1.807) is 6.20 Å². The first-order valence-electron chi connectivity index (χ1n) is 8.24. The average molecular weight is 347 g/mol. The SMILES string of the molecule is Cc1ccnc(NC(=S)NC(c2ccccc2)c2ccccc2C)c1. The summed E-state index contributed by atoms with van der Waals surface area (Å²) in [4.78, 5) is 4.31. The summed E-state index contributed by atoms with van der Waals surface area (Å²) in [5, 5.41) is 7.17. The number of rotatable bonds is 4. The molecular weight excluding hydrogens is 326 g/mol. The molecule has 0 radical (unpaired) electrons. The summed E-state index contributed by atoms with van der Waals surface area (Å²) in [6, 6.07) is 22.6. The second-order valence-corrected chi connectivity index (χ2v) is 6.43. The topological polar surface area (TPSA) is 37.0 Å². The molecule has 4 heteroatoms. The van der Waals surface area contributed by atoms with E-state index in [1.807, 2.05) is 43.3 Å². The molecule has 1 heterocycles. The number of aromatic nitrogens is 1. The third-order valence-electron chi connectivity index (χ3n) is 4.06. The highest BCUT2D eigenvalue weighted by Gasteiger charge is 2.17. The van der Waals surface area contributed by atoms with Gasteiger partial charge in [-0.05, 0) is 60.5 Å². The Morgan fingerprint density at radius 1 is 0.960 bits per heavy atom. The molecule has 25 heavy (non-hydrogen) atoms. The lowest BCUT2D eigenvalue weighted by atomic mass is 9.95. The molecule has 1 unspecified atom stereocenters. The molecule has 0 spiro atoms. The van der Waals surface area contributed by atoms with Crippen molar-refractivity contribution in [3.63, 3.8) is 0 Å². The Hall–Kier alpha value is -2.72. The van der Waals surface area contributed by atoms with Crippen LogP contribution < -0.4 is 10.6 Å². The van der Waals surface area contributed by atoms with Crippen molar-refractivity contribution in [3.05, 3.63) is 95.2 Å². The van der Waals surface area contributed by atoms with Crippen molar-refractivity contribution in [2.24, 2.45) is 0 Å². The summed E-state index contributed by atoms with van der Waals surface area (Å²) in [7, 11) is 0. The molecule has 3 nitrogen and oxygen atoms in total. The van der Waals surface area contributed by atoms with Crippen LogP contribution in [-0.2, 0) is 0 Å². The zero-order valence-electron chi connectivity index (χ0n) is 14.4. The van der Waals surface area contributed by atoms with Crippen molar-refractivity contribution < 1.29 is 0 Å². The van der Waals surface area contributed by atoms with E-state index < -0.39 is 0 Å². The summed E-state index contributed by atoms with van der Waals surface area (Å²) in [5.41, 5.74) is 4.73. The number of thiocarbonyl (C=S) groups is 1. The Morgan fingerprint density at radius 2 is 1.68 bits per heavy atom. The molecule has 0 fully saturated rings. The molecule has 1 atom stereocenters. The van der Waals surface area contributed by atoms with Crippen molar-refractivity contribution in [2.75, 3.05) is 5.32 Å². The third-order valence-corrected chi connectivity index (χ3v) is 4.28. The Bertz CT molecular complexity index is 862. The molecule has 2 N–H and O–H groups in total. The van der Waals surface area contributed by atoms with Crippen LogP contribution in [-0.4, -0.2) is 10.1 Å². The summed E-state index contributed by atoms with van der Waals surface area (Å²) in [6.45, 7) is 4.15. The van der Waals surface area contributed by atoms with Gasteiger partial charge in [0, 0.05) is 6.20 Å². The standard InChI is InChI=1S/C21H21N3S/c1-15-12-13-22-19(14-15)23-21(25)24-20(17-9-4-3-5-10-17)18-11-7-6-8-16(18)2/h3-14,20H,1-2H3,(H2,22,23,24,25). The van der Waals surface area contributed by atoms with Gasteiger partial charge in [-0.25, -0.2) is 4.98 Å². The molecule has 0 saturated carbocycles. The maximum atomic E-state index is 5.54. The maximum absolute atomic E-state index is 5.54. The minimum Gasteiger partial charge on any atom is -0.351 e. The lowest BCUT2D eigenvalue weighted by Crippen LogP contribution is -2.33. The molecule has 3 rings (SSSR count). The Balaban J connectivity index is 1.85. The second-order valence-electron chi connectivity index (χ2n) is 6.02. The van der Waals surface area contributed by atoms with Crippen LogP contribution in [0.2, 0.25) is 0 Å². The average Bonchev–Trinajstić information content (AvgIpc) is 2.61. The molecule has 0 aliphatic carbocycles. The molecular formula is C21H21N3S. The van der Waals surface area contributed by atoms with Crippen LogP contribution in [0.15, 0.2) is 72.9 Å². The van der Waals surface area contributed by atoms with Gasteiger partial charge in [0.25, 0.3) is 0 Å². The van der Waals surface area contributed by atoms with E-state index in [9.17, 15) is 0 Å². The fourth-order valence-corrected chi connectivity index (χ4v) is 3.01. The van der Waals surface area contributed by atoms with Crippen molar-refractivity contribution >= 4 is 23.1 Å². The number of hydrogen-bond acceptors (Lipinski definition) is 2. The first-order chi connectivity index (χ1) is 12.1. The van der Waals surface area contributed by atoms with Crippen LogP contribution in [0, 0.1) is 13.8 Å². The Labute approximate surface area is 154 Å². The predicted octanol–water partition coefficient (Wildman–Crippen LogP) is 4.77. The van der Waals surface area contributed by atoms with Crippen molar-refractivity contribution in [3.8, 4) is 0 Å². The molecule has 0 aliphatic rings. The van der Waals surface area contributed by atoms with E-state index >= 15 is 0 Å². The zero-order valence-corrected chi connectivity index (χ0v) is 15.2. The predicted molar refractivity (Wildman–Crippen MR) is 108 cm³/mol. The number of pyridine rings is 1. The molecule has 0 bridgehead atoms. The molecule has 3 aromatic rings. The summed E-state index contributed by atoms with van der Waals surface area (Å²) in [6.07, 6.45) is 1.77. The van der Waals surface area contributed by atoms with Gasteiger partial charge in [-0.15, -0.1) is 0 Å². The molecule has 0 amide bonds. The number of hydrogen-bond donors (Lipinski definition) is 2. The minimum atomic E-state index is -0.0211. The largest absolute Gasteiger partial charge is 0.351 e. The minimum absolute atomic E-state index is 0.0211. The lowest BCUT2D eigenvalue weighted by Gasteiger charge is -2.23. The number of anilines is 1. The summed E-state index contributed by atoms with van der Waals surface area (Å²) < 4.78 is 0. The van der Waals surface area contributed by atoms with Crippen molar-refractivity contribution in [1.82, 2.24) is 10.3 Å². The van der Waals surface area contributed by atoms with E-state index in [-0.39, 0.29) is 6.04 Å². The number of nitrogens with zero attached hydrogens (tertiary/aromatic N) is 1. The Kier molecular flexibility index (Phi) is 5.41. The fourth-order valence-electron chi connectivity index (χ4n) is 2.78. The first kappa shape index (κ1) is 17.1. The molecule has 1 aromatic heterocycles. The van der Waals surface area contributed by atoms with E-state index in [2.05, 4.69) is 52.9 Å². The van der Waals surface area contributed by atoms with Crippen molar-refractivity contribution in [2.45, 2.75) is 19.9 Å². The van der Waals surface area contributed by atoms with Crippen LogP contribution in [0.1, 0.15) is 28.3 Å². The molecule has 126 valence electrons. The van der Waals surface area contributed by atoms with Crippen LogP contribution >= 0.6 is 12.2 Å². The number of aryl methyl sites for hydroxylation is 2. The van der Waals surface area contributed by atoms with Gasteiger partial charge in [-0.1, -0.05) is 54.6 Å². The van der Waals surface area contributed by atoms with Gasteiger partial charge in [0.1, 0.15) is 5.82 Å². The van der Waals surface area contributed by atoms with Gasteiger partial charge < -0.3 is 10.6 Å². The smallest absolute Gasteiger partial charge is 0.172 e. The highest BCUT2D eigenvalue weighted by atomic mass is 32.1. The maximum Gasteiger partial charge on any atom is 0.172 e. The molecule has 0 saturated heterocycles. The summed E-state index contributed by atoms with van der Waals surface area (Å²) in [5.74, 6) is 0.745. The second kappa shape index (κ2) is 7.90. The van der Waals surface area contributed by atoms with Gasteiger partial charge >= 0.3 is 0 Å². The van der Waals surface area contributed by atoms with Gasteiger partial charge in [0.2, 0.25) is 0 Å². The number of benzene rings is 2. The fraction of sp³-hybridized carbons (Fsp3) is 0.143. The zero-order chi connectivity index (χ0) is 17.6. The summed E-state index contributed by atoms with van der Waals surface area (Å²) >= 11 is 5.54. The third kappa shape index (κ3) is 4.43. The normalized spacial score (nSPS) is 11.6.